The maximum atomic E-state index is 5.98. The molecule has 0 aromatic carbocycles. The number of rotatable bonds is 2. The minimum absolute atomic E-state index is 0.138. The van der Waals surface area contributed by atoms with Gasteiger partial charge in [0, 0.05) is 22.7 Å². The molecule has 0 aliphatic carbocycles. The molecule has 0 aliphatic heterocycles. The topological polar surface area (TPSA) is 12.9 Å². The highest BCUT2D eigenvalue weighted by Gasteiger charge is 2.12. The van der Waals surface area contributed by atoms with Crippen molar-refractivity contribution in [1.29, 1.82) is 0 Å². The van der Waals surface area contributed by atoms with Crippen LogP contribution in [0.25, 0.3) is 0 Å². The van der Waals surface area contributed by atoms with E-state index < -0.39 is 0 Å². The largest absolute Gasteiger partial charge is 0.258 e. The fraction of sp³-hybridized carbons (Fsp3) is 0.500. The monoisotopic (exact) mass is 183 g/mol. The molecule has 2 atom stereocenters. The van der Waals surface area contributed by atoms with E-state index in [1.165, 1.54) is 0 Å². The molecule has 2 unspecified atom stereocenters. The van der Waals surface area contributed by atoms with E-state index in [0.29, 0.717) is 5.92 Å². The van der Waals surface area contributed by atoms with Crippen LogP contribution >= 0.6 is 11.6 Å². The lowest BCUT2D eigenvalue weighted by molar-refractivity contribution is 0.713. The highest BCUT2D eigenvalue weighted by molar-refractivity contribution is 6.20. The summed E-state index contributed by atoms with van der Waals surface area (Å²) in [6.07, 6.45) is 0. The quantitative estimate of drug-likeness (QED) is 0.642. The van der Waals surface area contributed by atoms with E-state index in [2.05, 4.69) is 11.9 Å². The third kappa shape index (κ3) is 2.21. The van der Waals surface area contributed by atoms with E-state index in [9.17, 15) is 0 Å². The molecule has 66 valence electrons. The Balaban J connectivity index is 2.88. The summed E-state index contributed by atoms with van der Waals surface area (Å²) in [5.74, 6) is 0.326. The zero-order valence-corrected chi connectivity index (χ0v) is 8.47. The van der Waals surface area contributed by atoms with Crippen molar-refractivity contribution in [3.05, 3.63) is 29.6 Å². The summed E-state index contributed by atoms with van der Waals surface area (Å²) < 4.78 is 0. The van der Waals surface area contributed by atoms with Gasteiger partial charge >= 0.3 is 0 Å². The summed E-state index contributed by atoms with van der Waals surface area (Å²) >= 11 is 5.98. The third-order valence-electron chi connectivity index (χ3n) is 2.07. The van der Waals surface area contributed by atoms with Gasteiger partial charge in [0.25, 0.3) is 0 Å². The van der Waals surface area contributed by atoms with E-state index in [4.69, 9.17) is 11.6 Å². The fourth-order valence-corrected chi connectivity index (χ4v) is 1.18. The molecule has 0 N–H and O–H groups in total. The van der Waals surface area contributed by atoms with Gasteiger partial charge in [0.05, 0.1) is 0 Å². The SMILES string of the molecule is Cc1cccc(C(C)C(C)Cl)n1. The van der Waals surface area contributed by atoms with E-state index in [0.717, 1.165) is 11.4 Å². The number of aromatic nitrogens is 1. The summed E-state index contributed by atoms with van der Waals surface area (Å²) in [4.78, 5) is 4.41. The van der Waals surface area contributed by atoms with Crippen LogP contribution in [-0.2, 0) is 0 Å². The van der Waals surface area contributed by atoms with Gasteiger partial charge in [0.1, 0.15) is 0 Å². The summed E-state index contributed by atoms with van der Waals surface area (Å²) in [5.41, 5.74) is 2.13. The van der Waals surface area contributed by atoms with Gasteiger partial charge in [-0.2, -0.15) is 0 Å². The number of hydrogen-bond donors (Lipinski definition) is 0. The molecule has 0 radical (unpaired) electrons. The fourth-order valence-electron chi connectivity index (χ4n) is 1.05. The molecule has 0 saturated heterocycles. The Kier molecular flexibility index (Phi) is 3.10. The molecule has 0 spiro atoms. The lowest BCUT2D eigenvalue weighted by Crippen LogP contribution is -2.07. The first kappa shape index (κ1) is 9.53. The standard InChI is InChI=1S/C10H14ClN/c1-7-5-4-6-10(12-7)8(2)9(3)11/h4-6,8-9H,1-3H3. The number of alkyl halides is 1. The predicted octanol–water partition coefficient (Wildman–Crippen LogP) is 3.12. The molecule has 1 aromatic rings. The summed E-state index contributed by atoms with van der Waals surface area (Å²) in [6.45, 7) is 6.09. The molecule has 0 bridgehead atoms. The molecule has 0 saturated carbocycles. The van der Waals surface area contributed by atoms with Gasteiger partial charge < -0.3 is 0 Å². The van der Waals surface area contributed by atoms with Crippen molar-refractivity contribution in [2.45, 2.75) is 32.1 Å². The molecule has 12 heavy (non-hydrogen) atoms. The van der Waals surface area contributed by atoms with E-state index >= 15 is 0 Å². The number of nitrogens with zero attached hydrogens (tertiary/aromatic N) is 1. The molecule has 1 rings (SSSR count). The Hall–Kier alpha value is -0.560. The lowest BCUT2D eigenvalue weighted by Gasteiger charge is -2.13. The van der Waals surface area contributed by atoms with Gasteiger partial charge in [0.2, 0.25) is 0 Å². The molecule has 1 aromatic heterocycles. The second-order valence-electron chi connectivity index (χ2n) is 3.17. The molecular formula is C10H14ClN. The average molecular weight is 184 g/mol. The summed E-state index contributed by atoms with van der Waals surface area (Å²) in [5, 5.41) is 0.138. The molecule has 2 heteroatoms. The molecule has 1 heterocycles. The molecule has 1 nitrogen and oxygen atoms in total. The minimum Gasteiger partial charge on any atom is -0.258 e. The Morgan fingerprint density at radius 1 is 1.33 bits per heavy atom. The maximum absolute atomic E-state index is 5.98. The maximum Gasteiger partial charge on any atom is 0.0449 e. The van der Waals surface area contributed by atoms with Crippen LogP contribution in [0.2, 0.25) is 0 Å². The average Bonchev–Trinajstić information content (AvgIpc) is 2.03. The third-order valence-corrected chi connectivity index (χ3v) is 2.44. The van der Waals surface area contributed by atoms with Crippen LogP contribution in [0.1, 0.15) is 31.2 Å². The highest BCUT2D eigenvalue weighted by atomic mass is 35.5. The Bertz CT molecular complexity index is 258. The van der Waals surface area contributed by atoms with Crippen LogP contribution in [0.15, 0.2) is 18.2 Å². The molecule has 0 aliphatic rings. The number of hydrogen-bond acceptors (Lipinski definition) is 1. The highest BCUT2D eigenvalue weighted by Crippen LogP contribution is 2.20. The van der Waals surface area contributed by atoms with Crippen molar-refractivity contribution in [3.63, 3.8) is 0 Å². The zero-order chi connectivity index (χ0) is 9.14. The molecular weight excluding hydrogens is 170 g/mol. The minimum atomic E-state index is 0.138. The Morgan fingerprint density at radius 3 is 2.50 bits per heavy atom. The zero-order valence-electron chi connectivity index (χ0n) is 7.71. The van der Waals surface area contributed by atoms with Gasteiger partial charge in [-0.3, -0.25) is 4.98 Å². The van der Waals surface area contributed by atoms with Crippen molar-refractivity contribution in [3.8, 4) is 0 Å². The first-order valence-electron chi connectivity index (χ1n) is 4.19. The van der Waals surface area contributed by atoms with Crippen LogP contribution in [-0.4, -0.2) is 10.4 Å². The van der Waals surface area contributed by atoms with E-state index in [1.54, 1.807) is 0 Å². The second-order valence-corrected chi connectivity index (χ2v) is 3.86. The Morgan fingerprint density at radius 2 is 2.00 bits per heavy atom. The number of pyridine rings is 1. The van der Waals surface area contributed by atoms with Gasteiger partial charge in [-0.1, -0.05) is 13.0 Å². The lowest BCUT2D eigenvalue weighted by atomic mass is 10.0. The normalized spacial score (nSPS) is 15.7. The molecule has 0 fully saturated rings. The number of aryl methyl sites for hydroxylation is 1. The van der Waals surface area contributed by atoms with Crippen LogP contribution < -0.4 is 0 Å². The van der Waals surface area contributed by atoms with Crippen molar-refractivity contribution < 1.29 is 0 Å². The van der Waals surface area contributed by atoms with Crippen molar-refractivity contribution >= 4 is 11.6 Å². The van der Waals surface area contributed by atoms with Crippen molar-refractivity contribution in [2.75, 3.05) is 0 Å². The number of halogens is 1. The van der Waals surface area contributed by atoms with Gasteiger partial charge in [-0.15, -0.1) is 11.6 Å². The first-order chi connectivity index (χ1) is 5.61. The van der Waals surface area contributed by atoms with Gasteiger partial charge in [0.15, 0.2) is 0 Å². The van der Waals surface area contributed by atoms with E-state index in [1.807, 2.05) is 32.0 Å². The van der Waals surface area contributed by atoms with Crippen LogP contribution in [0.3, 0.4) is 0 Å². The van der Waals surface area contributed by atoms with Gasteiger partial charge in [-0.05, 0) is 26.0 Å². The van der Waals surface area contributed by atoms with Crippen molar-refractivity contribution in [1.82, 2.24) is 4.98 Å². The summed E-state index contributed by atoms with van der Waals surface area (Å²) in [7, 11) is 0. The van der Waals surface area contributed by atoms with Crippen LogP contribution in [0, 0.1) is 6.92 Å². The predicted molar refractivity (Wildman–Crippen MR) is 52.7 cm³/mol. The van der Waals surface area contributed by atoms with Crippen LogP contribution in [0.5, 0.6) is 0 Å². The smallest absolute Gasteiger partial charge is 0.0449 e. The summed E-state index contributed by atoms with van der Waals surface area (Å²) in [6, 6.07) is 6.04. The van der Waals surface area contributed by atoms with E-state index in [-0.39, 0.29) is 5.38 Å². The van der Waals surface area contributed by atoms with Crippen molar-refractivity contribution in [2.24, 2.45) is 0 Å². The first-order valence-corrected chi connectivity index (χ1v) is 4.62. The second kappa shape index (κ2) is 3.90. The molecule has 0 amide bonds. The van der Waals surface area contributed by atoms with Crippen LogP contribution in [0.4, 0.5) is 0 Å². The Labute approximate surface area is 78.8 Å². The van der Waals surface area contributed by atoms with Gasteiger partial charge in [-0.25, -0.2) is 0 Å².